The first-order chi connectivity index (χ1) is 12.3. The van der Waals surface area contributed by atoms with Crippen molar-refractivity contribution in [1.29, 1.82) is 0 Å². The van der Waals surface area contributed by atoms with E-state index >= 15 is 0 Å². The summed E-state index contributed by atoms with van der Waals surface area (Å²) in [7, 11) is 0. The molecule has 140 valence electrons. The highest BCUT2D eigenvalue weighted by Crippen LogP contribution is 2.23. The van der Waals surface area contributed by atoms with Crippen LogP contribution < -0.4 is 10.6 Å². The van der Waals surface area contributed by atoms with Gasteiger partial charge in [0.15, 0.2) is 0 Å². The average molecular weight is 355 g/mol. The molecule has 0 unspecified atom stereocenters. The Kier molecular flexibility index (Phi) is 5.49. The van der Waals surface area contributed by atoms with E-state index in [1.54, 1.807) is 0 Å². The summed E-state index contributed by atoms with van der Waals surface area (Å²) in [6, 6.07) is 13.8. The SMILES string of the molecule is C[C@@H]1CN(C(C)(C)CNC(=O)Nc2cccc3ccccc23)C[C@@H](C)O1. The van der Waals surface area contributed by atoms with Crippen molar-refractivity contribution >= 4 is 22.5 Å². The van der Waals surface area contributed by atoms with Crippen LogP contribution in [-0.2, 0) is 4.74 Å². The van der Waals surface area contributed by atoms with Gasteiger partial charge in [-0.2, -0.15) is 0 Å². The topological polar surface area (TPSA) is 53.6 Å². The highest BCUT2D eigenvalue weighted by atomic mass is 16.5. The van der Waals surface area contributed by atoms with Crippen molar-refractivity contribution in [2.45, 2.75) is 45.4 Å². The zero-order valence-corrected chi connectivity index (χ0v) is 16.1. The number of ether oxygens (including phenoxy) is 1. The third kappa shape index (κ3) is 4.34. The first-order valence-electron chi connectivity index (χ1n) is 9.28. The molecule has 0 bridgehead atoms. The van der Waals surface area contributed by atoms with Crippen molar-refractivity contribution in [3.63, 3.8) is 0 Å². The van der Waals surface area contributed by atoms with Gasteiger partial charge in [0.05, 0.1) is 17.9 Å². The Hall–Kier alpha value is -2.11. The van der Waals surface area contributed by atoms with Crippen LogP contribution >= 0.6 is 0 Å². The number of hydrogen-bond acceptors (Lipinski definition) is 3. The van der Waals surface area contributed by atoms with Crippen LogP contribution in [0.1, 0.15) is 27.7 Å². The minimum absolute atomic E-state index is 0.137. The van der Waals surface area contributed by atoms with E-state index in [2.05, 4.69) is 43.2 Å². The second-order valence-corrected chi connectivity index (χ2v) is 7.81. The number of morpholine rings is 1. The Bertz CT molecular complexity index is 759. The molecule has 0 saturated carbocycles. The van der Waals surface area contributed by atoms with Crippen molar-refractivity contribution in [3.8, 4) is 0 Å². The molecule has 2 aromatic rings. The van der Waals surface area contributed by atoms with Crippen molar-refractivity contribution in [1.82, 2.24) is 10.2 Å². The van der Waals surface area contributed by atoms with Crippen LogP contribution in [-0.4, -0.2) is 48.3 Å². The average Bonchev–Trinajstić information content (AvgIpc) is 2.60. The number of nitrogens with one attached hydrogen (secondary N) is 2. The number of amides is 2. The number of rotatable bonds is 4. The zero-order valence-electron chi connectivity index (χ0n) is 16.1. The number of hydrogen-bond donors (Lipinski definition) is 2. The quantitative estimate of drug-likeness (QED) is 0.876. The molecule has 1 aliphatic heterocycles. The molecule has 2 N–H and O–H groups in total. The predicted molar refractivity (Wildman–Crippen MR) is 107 cm³/mol. The van der Waals surface area contributed by atoms with Gasteiger partial charge in [0.25, 0.3) is 0 Å². The summed E-state index contributed by atoms with van der Waals surface area (Å²) < 4.78 is 5.82. The van der Waals surface area contributed by atoms with E-state index in [0.29, 0.717) is 6.54 Å². The van der Waals surface area contributed by atoms with E-state index in [0.717, 1.165) is 29.5 Å². The van der Waals surface area contributed by atoms with Crippen LogP contribution in [0, 0.1) is 0 Å². The number of anilines is 1. The maximum atomic E-state index is 12.4. The van der Waals surface area contributed by atoms with Gasteiger partial charge in [-0.1, -0.05) is 36.4 Å². The van der Waals surface area contributed by atoms with E-state index < -0.39 is 0 Å². The molecule has 0 radical (unpaired) electrons. The fraction of sp³-hybridized carbons (Fsp3) is 0.476. The number of carbonyl (C=O) groups excluding carboxylic acids is 1. The van der Waals surface area contributed by atoms with Gasteiger partial charge in [-0.15, -0.1) is 0 Å². The van der Waals surface area contributed by atoms with Gasteiger partial charge in [0, 0.05) is 30.6 Å². The number of benzene rings is 2. The molecule has 5 nitrogen and oxygen atoms in total. The fourth-order valence-corrected chi connectivity index (χ4v) is 3.58. The van der Waals surface area contributed by atoms with Crippen molar-refractivity contribution in [3.05, 3.63) is 42.5 Å². The third-order valence-electron chi connectivity index (χ3n) is 5.00. The molecule has 0 spiro atoms. The van der Waals surface area contributed by atoms with Gasteiger partial charge in [0.2, 0.25) is 0 Å². The number of carbonyl (C=O) groups is 1. The van der Waals surface area contributed by atoms with Crippen molar-refractivity contribution < 1.29 is 9.53 Å². The van der Waals surface area contributed by atoms with Crippen LogP contribution in [0.3, 0.4) is 0 Å². The Morgan fingerprint density at radius 1 is 1.12 bits per heavy atom. The van der Waals surface area contributed by atoms with Crippen LogP contribution in [0.5, 0.6) is 0 Å². The van der Waals surface area contributed by atoms with Gasteiger partial charge >= 0.3 is 6.03 Å². The molecule has 1 saturated heterocycles. The Balaban J connectivity index is 1.61. The molecule has 2 atom stereocenters. The third-order valence-corrected chi connectivity index (χ3v) is 5.00. The van der Waals surface area contributed by atoms with Crippen LogP contribution in [0.4, 0.5) is 10.5 Å². The second-order valence-electron chi connectivity index (χ2n) is 7.81. The van der Waals surface area contributed by atoms with Crippen LogP contribution in [0.25, 0.3) is 10.8 Å². The maximum absolute atomic E-state index is 12.4. The lowest BCUT2D eigenvalue weighted by Crippen LogP contribution is -2.58. The van der Waals surface area contributed by atoms with Gasteiger partial charge in [-0.3, -0.25) is 4.90 Å². The van der Waals surface area contributed by atoms with E-state index in [-0.39, 0.29) is 23.8 Å². The molecule has 3 rings (SSSR count). The Morgan fingerprint density at radius 3 is 2.50 bits per heavy atom. The largest absolute Gasteiger partial charge is 0.373 e. The second kappa shape index (κ2) is 7.64. The summed E-state index contributed by atoms with van der Waals surface area (Å²) in [5.41, 5.74) is 0.689. The molecule has 1 heterocycles. The van der Waals surface area contributed by atoms with E-state index in [1.807, 2.05) is 42.5 Å². The minimum atomic E-state index is -0.177. The van der Waals surface area contributed by atoms with Gasteiger partial charge < -0.3 is 15.4 Å². The molecule has 0 aliphatic carbocycles. The summed E-state index contributed by atoms with van der Waals surface area (Å²) in [4.78, 5) is 14.8. The molecular formula is C21H29N3O2. The number of nitrogens with zero attached hydrogens (tertiary/aromatic N) is 1. The van der Waals surface area contributed by atoms with Gasteiger partial charge in [-0.05, 0) is 39.1 Å². The molecule has 1 fully saturated rings. The minimum Gasteiger partial charge on any atom is -0.373 e. The molecule has 5 heteroatoms. The summed E-state index contributed by atoms with van der Waals surface area (Å²) in [5, 5.41) is 8.17. The smallest absolute Gasteiger partial charge is 0.319 e. The lowest BCUT2D eigenvalue weighted by atomic mass is 10.00. The summed E-state index contributed by atoms with van der Waals surface area (Å²) in [6.07, 6.45) is 0.421. The lowest BCUT2D eigenvalue weighted by Gasteiger charge is -2.45. The molecular weight excluding hydrogens is 326 g/mol. The monoisotopic (exact) mass is 355 g/mol. The Labute approximate surface area is 155 Å². The highest BCUT2D eigenvalue weighted by molar-refractivity contribution is 6.01. The molecule has 2 amide bonds. The lowest BCUT2D eigenvalue weighted by molar-refractivity contribution is -0.0947. The highest BCUT2D eigenvalue weighted by Gasteiger charge is 2.33. The fourth-order valence-electron chi connectivity index (χ4n) is 3.58. The summed E-state index contributed by atoms with van der Waals surface area (Å²) in [5.74, 6) is 0. The number of urea groups is 1. The van der Waals surface area contributed by atoms with Crippen molar-refractivity contribution in [2.24, 2.45) is 0 Å². The zero-order chi connectivity index (χ0) is 18.7. The maximum Gasteiger partial charge on any atom is 0.319 e. The first-order valence-corrected chi connectivity index (χ1v) is 9.28. The molecule has 26 heavy (non-hydrogen) atoms. The normalized spacial score (nSPS) is 21.5. The van der Waals surface area contributed by atoms with Crippen LogP contribution in [0.15, 0.2) is 42.5 Å². The molecule has 2 aromatic carbocycles. The van der Waals surface area contributed by atoms with E-state index in [4.69, 9.17) is 4.74 Å². The van der Waals surface area contributed by atoms with Crippen molar-refractivity contribution in [2.75, 3.05) is 25.0 Å². The van der Waals surface area contributed by atoms with Crippen LogP contribution in [0.2, 0.25) is 0 Å². The summed E-state index contributed by atoms with van der Waals surface area (Å²) >= 11 is 0. The van der Waals surface area contributed by atoms with E-state index in [9.17, 15) is 4.79 Å². The molecule has 0 aromatic heterocycles. The first kappa shape index (κ1) is 18.7. The standard InChI is InChI=1S/C21H29N3O2/c1-15-12-24(13-16(2)26-15)21(3,4)14-22-20(25)23-19-11-7-9-17-8-5-6-10-18(17)19/h5-11,15-16H,12-14H2,1-4H3,(H2,22,23,25)/t15-,16-/m1/s1. The van der Waals surface area contributed by atoms with Gasteiger partial charge in [0.1, 0.15) is 0 Å². The van der Waals surface area contributed by atoms with E-state index in [1.165, 1.54) is 0 Å². The molecule has 1 aliphatic rings. The predicted octanol–water partition coefficient (Wildman–Crippen LogP) is 3.85. The number of fused-ring (bicyclic) bond motifs is 1. The van der Waals surface area contributed by atoms with Gasteiger partial charge in [-0.25, -0.2) is 4.79 Å². The Morgan fingerprint density at radius 2 is 1.77 bits per heavy atom. The summed E-state index contributed by atoms with van der Waals surface area (Å²) in [6.45, 7) is 10.8.